The predicted molar refractivity (Wildman–Crippen MR) is 89.1 cm³/mol. The maximum atomic E-state index is 12.4. The van der Waals surface area contributed by atoms with Crippen LogP contribution in [0.5, 0.6) is 0 Å². The molecular formula is C17H21N5O. The molecule has 0 bridgehead atoms. The van der Waals surface area contributed by atoms with Crippen LogP contribution in [0, 0.1) is 0 Å². The van der Waals surface area contributed by atoms with Crippen LogP contribution in [-0.4, -0.2) is 35.0 Å². The van der Waals surface area contributed by atoms with Crippen molar-refractivity contribution in [1.29, 1.82) is 0 Å². The second kappa shape index (κ2) is 7.19. The number of carbonyl (C=O) groups is 1. The number of nitrogens with two attached hydrogens (primary N) is 1. The van der Waals surface area contributed by atoms with Crippen LogP contribution >= 0.6 is 0 Å². The fourth-order valence-corrected chi connectivity index (χ4v) is 2.79. The summed E-state index contributed by atoms with van der Waals surface area (Å²) in [5.41, 5.74) is 7.26. The van der Waals surface area contributed by atoms with Gasteiger partial charge in [-0.2, -0.15) is 0 Å². The third-order valence-corrected chi connectivity index (χ3v) is 4.04. The molecule has 120 valence electrons. The summed E-state index contributed by atoms with van der Waals surface area (Å²) in [6, 6.07) is 9.32. The van der Waals surface area contributed by atoms with Crippen LogP contribution in [0.1, 0.15) is 28.8 Å². The third kappa shape index (κ3) is 3.84. The van der Waals surface area contributed by atoms with Gasteiger partial charge in [0.2, 0.25) is 5.95 Å². The Hall–Kier alpha value is -2.47. The van der Waals surface area contributed by atoms with Gasteiger partial charge in [0, 0.05) is 43.6 Å². The summed E-state index contributed by atoms with van der Waals surface area (Å²) >= 11 is 0. The first kappa shape index (κ1) is 15.4. The highest BCUT2D eigenvalue weighted by Crippen LogP contribution is 2.15. The standard InChI is InChI=1S/C17H21N5O/c18-11-13-4-6-14(7-5-13)16(23)21-15-3-1-10-22(12-15)17-19-8-2-9-20-17/h2,4-9,15H,1,3,10-12,18H2,(H,21,23). The molecule has 1 atom stereocenters. The van der Waals surface area contributed by atoms with Gasteiger partial charge in [0.05, 0.1) is 0 Å². The van der Waals surface area contributed by atoms with Crippen molar-refractivity contribution < 1.29 is 4.79 Å². The molecule has 1 fully saturated rings. The topological polar surface area (TPSA) is 84.1 Å². The monoisotopic (exact) mass is 311 g/mol. The number of carbonyl (C=O) groups excluding carboxylic acids is 1. The summed E-state index contributed by atoms with van der Waals surface area (Å²) < 4.78 is 0. The molecule has 1 amide bonds. The van der Waals surface area contributed by atoms with Crippen molar-refractivity contribution in [2.75, 3.05) is 18.0 Å². The average Bonchev–Trinajstić information content (AvgIpc) is 2.63. The molecule has 0 aliphatic carbocycles. The third-order valence-electron chi connectivity index (χ3n) is 4.04. The zero-order valence-corrected chi connectivity index (χ0v) is 13.0. The van der Waals surface area contributed by atoms with Gasteiger partial charge in [-0.3, -0.25) is 4.79 Å². The fraction of sp³-hybridized carbons (Fsp3) is 0.353. The van der Waals surface area contributed by atoms with Crippen LogP contribution in [0.3, 0.4) is 0 Å². The maximum Gasteiger partial charge on any atom is 0.251 e. The normalized spacial score (nSPS) is 17.8. The first-order valence-electron chi connectivity index (χ1n) is 7.88. The number of hydrogen-bond donors (Lipinski definition) is 2. The second-order valence-corrected chi connectivity index (χ2v) is 5.71. The van der Waals surface area contributed by atoms with Crippen LogP contribution < -0.4 is 16.0 Å². The average molecular weight is 311 g/mol. The van der Waals surface area contributed by atoms with E-state index in [-0.39, 0.29) is 11.9 Å². The predicted octanol–water partition coefficient (Wildman–Crippen LogP) is 1.33. The molecule has 1 aliphatic rings. The molecule has 1 aromatic heterocycles. The zero-order chi connectivity index (χ0) is 16.1. The molecule has 6 nitrogen and oxygen atoms in total. The lowest BCUT2D eigenvalue weighted by Crippen LogP contribution is -2.48. The number of nitrogens with one attached hydrogen (secondary N) is 1. The highest BCUT2D eigenvalue weighted by Gasteiger charge is 2.23. The van der Waals surface area contributed by atoms with Crippen molar-refractivity contribution in [3.05, 3.63) is 53.9 Å². The van der Waals surface area contributed by atoms with E-state index in [1.807, 2.05) is 24.3 Å². The molecule has 1 aromatic carbocycles. The van der Waals surface area contributed by atoms with Crippen LogP contribution in [-0.2, 0) is 6.54 Å². The lowest BCUT2D eigenvalue weighted by molar-refractivity contribution is 0.0933. The van der Waals surface area contributed by atoms with Gasteiger partial charge in [0.15, 0.2) is 0 Å². The Kier molecular flexibility index (Phi) is 4.83. The number of aromatic nitrogens is 2. The molecule has 1 unspecified atom stereocenters. The Morgan fingerprint density at radius 2 is 2.00 bits per heavy atom. The quantitative estimate of drug-likeness (QED) is 0.890. The molecule has 2 heterocycles. The van der Waals surface area contributed by atoms with E-state index < -0.39 is 0 Å². The SMILES string of the molecule is NCc1ccc(C(=O)NC2CCCN(c3ncccn3)C2)cc1. The van der Waals surface area contributed by atoms with Gasteiger partial charge in [-0.05, 0) is 36.6 Å². The van der Waals surface area contributed by atoms with E-state index in [0.29, 0.717) is 12.1 Å². The van der Waals surface area contributed by atoms with Crippen molar-refractivity contribution >= 4 is 11.9 Å². The summed E-state index contributed by atoms with van der Waals surface area (Å²) in [7, 11) is 0. The Balaban J connectivity index is 1.61. The van der Waals surface area contributed by atoms with Crippen molar-refractivity contribution in [3.8, 4) is 0 Å². The van der Waals surface area contributed by atoms with E-state index in [1.54, 1.807) is 18.5 Å². The number of rotatable bonds is 4. The van der Waals surface area contributed by atoms with Crippen LogP contribution in [0.15, 0.2) is 42.7 Å². The highest BCUT2D eigenvalue weighted by molar-refractivity contribution is 5.94. The van der Waals surface area contributed by atoms with E-state index in [2.05, 4.69) is 20.2 Å². The molecular weight excluding hydrogens is 290 g/mol. The molecule has 0 radical (unpaired) electrons. The molecule has 3 rings (SSSR count). The Morgan fingerprint density at radius 3 is 2.70 bits per heavy atom. The van der Waals surface area contributed by atoms with Crippen molar-refractivity contribution in [1.82, 2.24) is 15.3 Å². The van der Waals surface area contributed by atoms with Crippen molar-refractivity contribution in [3.63, 3.8) is 0 Å². The maximum absolute atomic E-state index is 12.4. The number of hydrogen-bond acceptors (Lipinski definition) is 5. The smallest absolute Gasteiger partial charge is 0.251 e. The fourth-order valence-electron chi connectivity index (χ4n) is 2.79. The summed E-state index contributed by atoms with van der Waals surface area (Å²) in [6.45, 7) is 2.13. The van der Waals surface area contributed by atoms with E-state index in [9.17, 15) is 4.79 Å². The molecule has 1 saturated heterocycles. The molecule has 0 spiro atoms. The van der Waals surface area contributed by atoms with Gasteiger partial charge < -0.3 is 16.0 Å². The van der Waals surface area contributed by atoms with Gasteiger partial charge in [-0.1, -0.05) is 12.1 Å². The van der Waals surface area contributed by atoms with Crippen LogP contribution in [0.2, 0.25) is 0 Å². The van der Waals surface area contributed by atoms with Gasteiger partial charge in [-0.25, -0.2) is 9.97 Å². The van der Waals surface area contributed by atoms with E-state index in [0.717, 1.165) is 37.4 Å². The molecule has 23 heavy (non-hydrogen) atoms. The second-order valence-electron chi connectivity index (χ2n) is 5.71. The number of nitrogens with zero attached hydrogens (tertiary/aromatic N) is 3. The summed E-state index contributed by atoms with van der Waals surface area (Å²) in [6.07, 6.45) is 5.46. The first-order valence-corrected chi connectivity index (χ1v) is 7.88. The number of benzene rings is 1. The van der Waals surface area contributed by atoms with Gasteiger partial charge in [0.25, 0.3) is 5.91 Å². The minimum Gasteiger partial charge on any atom is -0.348 e. The van der Waals surface area contributed by atoms with E-state index in [1.165, 1.54) is 0 Å². The zero-order valence-electron chi connectivity index (χ0n) is 13.0. The lowest BCUT2D eigenvalue weighted by atomic mass is 10.0. The highest BCUT2D eigenvalue weighted by atomic mass is 16.1. The minimum absolute atomic E-state index is 0.0469. The van der Waals surface area contributed by atoms with E-state index in [4.69, 9.17) is 5.73 Å². The Bertz CT molecular complexity index is 644. The summed E-state index contributed by atoms with van der Waals surface area (Å²) in [5.74, 6) is 0.674. The van der Waals surface area contributed by atoms with E-state index >= 15 is 0 Å². The van der Waals surface area contributed by atoms with Crippen LogP contribution in [0.4, 0.5) is 5.95 Å². The molecule has 6 heteroatoms. The van der Waals surface area contributed by atoms with Crippen molar-refractivity contribution in [2.45, 2.75) is 25.4 Å². The molecule has 2 aromatic rings. The first-order chi connectivity index (χ1) is 11.3. The molecule has 3 N–H and O–H groups in total. The number of anilines is 1. The largest absolute Gasteiger partial charge is 0.348 e. The Labute approximate surface area is 135 Å². The lowest BCUT2D eigenvalue weighted by Gasteiger charge is -2.33. The van der Waals surface area contributed by atoms with Gasteiger partial charge >= 0.3 is 0 Å². The number of piperidine rings is 1. The van der Waals surface area contributed by atoms with Gasteiger partial charge in [-0.15, -0.1) is 0 Å². The number of amides is 1. The molecule has 1 aliphatic heterocycles. The van der Waals surface area contributed by atoms with Gasteiger partial charge in [0.1, 0.15) is 0 Å². The summed E-state index contributed by atoms with van der Waals surface area (Å²) in [5, 5.41) is 3.10. The summed E-state index contributed by atoms with van der Waals surface area (Å²) in [4.78, 5) is 23.0. The van der Waals surface area contributed by atoms with Crippen LogP contribution in [0.25, 0.3) is 0 Å². The van der Waals surface area contributed by atoms with Crippen molar-refractivity contribution in [2.24, 2.45) is 5.73 Å². The Morgan fingerprint density at radius 1 is 1.26 bits per heavy atom. The minimum atomic E-state index is -0.0469. The molecule has 0 saturated carbocycles.